The fourth-order valence-electron chi connectivity index (χ4n) is 3.77. The summed E-state index contributed by atoms with van der Waals surface area (Å²) in [6, 6.07) is 22.4. The molecule has 1 unspecified atom stereocenters. The number of rotatable bonds is 8. The van der Waals surface area contributed by atoms with Crippen molar-refractivity contribution in [1.82, 2.24) is 4.98 Å². The molecule has 1 heterocycles. The first-order chi connectivity index (χ1) is 18.8. The third-order valence-corrected chi connectivity index (χ3v) is 5.86. The molecule has 0 N–H and O–H groups in total. The molecule has 0 radical (unpaired) electrons. The van der Waals surface area contributed by atoms with Crippen molar-refractivity contribution < 1.29 is 20.1 Å². The van der Waals surface area contributed by atoms with E-state index in [-0.39, 0.29) is 11.3 Å². The number of nitrogens with zero attached hydrogens (tertiary/aromatic N) is 3. The Bertz CT molecular complexity index is 1490. The largest absolute Gasteiger partial charge is 0.466 e. The van der Waals surface area contributed by atoms with Crippen molar-refractivity contribution >= 4 is 29.3 Å². The molecule has 38 heavy (non-hydrogen) atoms. The van der Waals surface area contributed by atoms with Crippen LogP contribution in [-0.2, 0) is 16.1 Å². The van der Waals surface area contributed by atoms with Gasteiger partial charge in [-0.25, -0.2) is 9.18 Å². The van der Waals surface area contributed by atoms with Crippen LogP contribution >= 0.6 is 0 Å². The van der Waals surface area contributed by atoms with Gasteiger partial charge in [0, 0.05) is 43.2 Å². The van der Waals surface area contributed by atoms with Crippen molar-refractivity contribution in [3.8, 4) is 11.1 Å². The van der Waals surface area contributed by atoms with E-state index >= 15 is 4.39 Å². The maximum Gasteiger partial charge on any atom is 0.330 e. The number of aromatic nitrogens is 1. The summed E-state index contributed by atoms with van der Waals surface area (Å²) in [6.07, 6.45) is 5.65. The Morgan fingerprint density at radius 3 is 2.32 bits per heavy atom. The molecule has 0 saturated heterocycles. The standard InChI is InChI=1S/C31H28FN3O3/c1-34(2)27-14-12-23(13-15-27)25-10-11-26(29(32)18-25)21-35(31(37)24-7-5-4-6-8-24)28-17-22(19-33-20-28)9-16-30(36)38-3/h4-20H,21H2,1-3H3/b16-9+/i21D. The second-order valence-electron chi connectivity index (χ2n) is 8.68. The van der Waals surface area contributed by atoms with Crippen molar-refractivity contribution in [2.45, 2.75) is 6.52 Å². The molecule has 0 bridgehead atoms. The lowest BCUT2D eigenvalue weighted by Crippen LogP contribution is -2.31. The van der Waals surface area contributed by atoms with E-state index in [1.807, 2.05) is 43.3 Å². The van der Waals surface area contributed by atoms with E-state index in [1.54, 1.807) is 42.5 Å². The Labute approximate surface area is 223 Å². The molecule has 0 aliphatic carbocycles. The number of hydrogen-bond donors (Lipinski definition) is 0. The monoisotopic (exact) mass is 510 g/mol. The van der Waals surface area contributed by atoms with E-state index in [0.29, 0.717) is 16.7 Å². The predicted molar refractivity (Wildman–Crippen MR) is 148 cm³/mol. The van der Waals surface area contributed by atoms with Crippen LogP contribution in [0.1, 0.15) is 22.9 Å². The van der Waals surface area contributed by atoms with E-state index < -0.39 is 24.2 Å². The molecule has 0 saturated carbocycles. The fourth-order valence-corrected chi connectivity index (χ4v) is 3.77. The van der Waals surface area contributed by atoms with Crippen molar-refractivity contribution in [3.63, 3.8) is 0 Å². The van der Waals surface area contributed by atoms with Gasteiger partial charge in [0.15, 0.2) is 0 Å². The summed E-state index contributed by atoms with van der Waals surface area (Å²) in [5.74, 6) is -1.64. The van der Waals surface area contributed by atoms with Crippen LogP contribution < -0.4 is 9.80 Å². The molecule has 4 aromatic rings. The topological polar surface area (TPSA) is 62.7 Å². The molecule has 0 aliphatic rings. The molecule has 0 fully saturated rings. The maximum atomic E-state index is 15.5. The van der Waals surface area contributed by atoms with Gasteiger partial charge in [-0.1, -0.05) is 42.5 Å². The summed E-state index contributed by atoms with van der Waals surface area (Å²) >= 11 is 0. The van der Waals surface area contributed by atoms with E-state index in [1.165, 1.54) is 48.7 Å². The van der Waals surface area contributed by atoms with Crippen LogP contribution in [0.5, 0.6) is 0 Å². The summed E-state index contributed by atoms with van der Waals surface area (Å²) in [5, 5.41) is 0. The summed E-state index contributed by atoms with van der Waals surface area (Å²) < 4.78 is 29.1. The predicted octanol–water partition coefficient (Wildman–Crippen LogP) is 5.99. The average molecular weight is 511 g/mol. The summed E-state index contributed by atoms with van der Waals surface area (Å²) in [4.78, 5) is 32.5. The van der Waals surface area contributed by atoms with E-state index in [0.717, 1.165) is 11.3 Å². The van der Waals surface area contributed by atoms with Gasteiger partial charge < -0.3 is 14.5 Å². The Balaban J connectivity index is 1.72. The highest BCUT2D eigenvalue weighted by molar-refractivity contribution is 6.06. The normalized spacial score (nSPS) is 12.1. The molecule has 3 aromatic carbocycles. The Hall–Kier alpha value is -4.78. The first kappa shape index (κ1) is 24.9. The first-order valence-electron chi connectivity index (χ1n) is 12.5. The smallest absolute Gasteiger partial charge is 0.330 e. The number of carbonyl (C=O) groups is 2. The van der Waals surface area contributed by atoms with Crippen molar-refractivity contribution in [2.75, 3.05) is 31.0 Å². The van der Waals surface area contributed by atoms with Gasteiger partial charge in [-0.05, 0) is 59.2 Å². The first-order valence-corrected chi connectivity index (χ1v) is 11.9. The molecule has 0 aliphatic heterocycles. The van der Waals surface area contributed by atoms with Crippen LogP contribution in [0.3, 0.4) is 0 Å². The molecule has 4 rings (SSSR count). The Kier molecular flexibility index (Phi) is 7.84. The zero-order valence-electron chi connectivity index (χ0n) is 22.3. The molecule has 1 amide bonds. The van der Waals surface area contributed by atoms with Crippen molar-refractivity contribution in [3.05, 3.63) is 120 Å². The van der Waals surface area contributed by atoms with Crippen LogP contribution in [0.25, 0.3) is 17.2 Å². The van der Waals surface area contributed by atoms with Crippen LogP contribution in [-0.4, -0.2) is 38.1 Å². The lowest BCUT2D eigenvalue weighted by atomic mass is 10.0. The van der Waals surface area contributed by atoms with Gasteiger partial charge in [-0.3, -0.25) is 9.78 Å². The van der Waals surface area contributed by atoms with Crippen LogP contribution in [0, 0.1) is 5.82 Å². The van der Waals surface area contributed by atoms with Crippen LogP contribution in [0.4, 0.5) is 15.8 Å². The molecule has 7 heteroatoms. The number of pyridine rings is 1. The zero-order chi connectivity index (χ0) is 27.9. The highest BCUT2D eigenvalue weighted by Gasteiger charge is 2.20. The molecular formula is C31H28FN3O3. The summed E-state index contributed by atoms with van der Waals surface area (Å²) in [7, 11) is 5.16. The van der Waals surface area contributed by atoms with Crippen LogP contribution in [0.2, 0.25) is 0 Å². The third kappa shape index (κ3) is 6.31. The number of anilines is 2. The minimum Gasteiger partial charge on any atom is -0.466 e. The summed E-state index contributed by atoms with van der Waals surface area (Å²) in [6.45, 7) is -1.41. The van der Waals surface area contributed by atoms with Crippen molar-refractivity contribution in [2.24, 2.45) is 0 Å². The van der Waals surface area contributed by atoms with Gasteiger partial charge in [-0.15, -0.1) is 0 Å². The number of carbonyl (C=O) groups excluding carboxylic acids is 2. The average Bonchev–Trinajstić information content (AvgIpc) is 2.96. The summed E-state index contributed by atoms with van der Waals surface area (Å²) in [5.41, 5.74) is 3.66. The number of methoxy groups -OCH3 is 1. The molecule has 1 atom stereocenters. The number of amides is 1. The molecule has 0 spiro atoms. The lowest BCUT2D eigenvalue weighted by Gasteiger charge is -2.24. The second kappa shape index (κ2) is 12.0. The van der Waals surface area contributed by atoms with Gasteiger partial charge in [0.25, 0.3) is 5.91 Å². The maximum absolute atomic E-state index is 15.5. The lowest BCUT2D eigenvalue weighted by molar-refractivity contribution is -0.134. The fraction of sp³-hybridized carbons (Fsp3) is 0.129. The SMILES string of the molecule is [2H]C(c1ccc(-c2ccc(N(C)C)cc2)cc1F)N(C(=O)c1ccccc1)c1cncc(/C=C/C(=O)OC)c1. The minimum absolute atomic E-state index is 0.0310. The van der Waals surface area contributed by atoms with E-state index in [2.05, 4.69) is 9.72 Å². The van der Waals surface area contributed by atoms with Gasteiger partial charge in [0.1, 0.15) is 5.82 Å². The minimum atomic E-state index is -1.41. The van der Waals surface area contributed by atoms with E-state index in [4.69, 9.17) is 1.37 Å². The second-order valence-corrected chi connectivity index (χ2v) is 8.68. The number of esters is 1. The van der Waals surface area contributed by atoms with Gasteiger partial charge >= 0.3 is 5.97 Å². The van der Waals surface area contributed by atoms with Gasteiger partial charge in [0.05, 0.1) is 26.9 Å². The third-order valence-electron chi connectivity index (χ3n) is 5.86. The number of hydrogen-bond acceptors (Lipinski definition) is 5. The van der Waals surface area contributed by atoms with Gasteiger partial charge in [-0.2, -0.15) is 0 Å². The molecule has 6 nitrogen and oxygen atoms in total. The highest BCUT2D eigenvalue weighted by atomic mass is 19.1. The number of halogens is 1. The zero-order valence-corrected chi connectivity index (χ0v) is 21.3. The Morgan fingerprint density at radius 1 is 0.947 bits per heavy atom. The van der Waals surface area contributed by atoms with Crippen molar-refractivity contribution in [1.29, 1.82) is 0 Å². The van der Waals surface area contributed by atoms with Gasteiger partial charge in [0.2, 0.25) is 0 Å². The van der Waals surface area contributed by atoms with Crippen LogP contribution in [0.15, 0.2) is 97.3 Å². The number of benzene rings is 3. The molecular weight excluding hydrogens is 481 g/mol. The highest BCUT2D eigenvalue weighted by Crippen LogP contribution is 2.27. The van der Waals surface area contributed by atoms with E-state index in [9.17, 15) is 9.59 Å². The molecule has 1 aromatic heterocycles. The quantitative estimate of drug-likeness (QED) is 0.215. The number of ether oxygens (including phenoxy) is 1. The Morgan fingerprint density at radius 2 is 1.66 bits per heavy atom. The molecule has 192 valence electrons.